The maximum Gasteiger partial charge on any atom is 0.186 e. The van der Waals surface area contributed by atoms with E-state index in [9.17, 15) is 29.7 Å². The Morgan fingerprint density at radius 2 is 1.81 bits per heavy atom. The van der Waals surface area contributed by atoms with E-state index in [1.54, 1.807) is 0 Å². The van der Waals surface area contributed by atoms with Crippen LogP contribution in [0.3, 0.4) is 0 Å². The topological polar surface area (TPSA) is 142 Å². The molecule has 0 aliphatic carbocycles. The smallest absolute Gasteiger partial charge is 0.186 e. The second kappa shape index (κ2) is 5.07. The average molecular weight is 256 g/mol. The van der Waals surface area contributed by atoms with Crippen molar-refractivity contribution >= 4 is 7.60 Å². The minimum absolute atomic E-state index is 0.974. The molecule has 0 aromatic carbocycles. The van der Waals surface area contributed by atoms with Crippen LogP contribution in [0.4, 0.5) is 0 Å². The summed E-state index contributed by atoms with van der Waals surface area (Å²) in [6.07, 6.45) is -8.46. The summed E-state index contributed by atoms with van der Waals surface area (Å²) in [6, 6.07) is 0. The van der Waals surface area contributed by atoms with Gasteiger partial charge in [-0.25, -0.2) is 0 Å². The van der Waals surface area contributed by atoms with E-state index in [1.165, 1.54) is 7.11 Å². The Kier molecular flexibility index (Phi) is 4.44. The molecule has 0 amide bonds. The maximum absolute atomic E-state index is 10.5. The van der Waals surface area contributed by atoms with Crippen LogP contribution in [-0.4, -0.2) is 59.3 Å². The molecule has 0 saturated carbocycles. The van der Waals surface area contributed by atoms with Gasteiger partial charge in [0.05, 0.1) is 6.10 Å². The van der Waals surface area contributed by atoms with Crippen molar-refractivity contribution in [3.8, 4) is 0 Å². The monoisotopic (exact) mass is 256 g/mol. The predicted molar refractivity (Wildman–Crippen MR) is 46.2 cm³/mol. The highest BCUT2D eigenvalue weighted by Crippen LogP contribution is 2.31. The highest BCUT2D eigenvalue weighted by Gasteiger charge is 2.43. The highest BCUT2D eigenvalue weighted by molar-refractivity contribution is 7.48. The lowest BCUT2D eigenvalue weighted by molar-refractivity contribution is -0.322. The van der Waals surface area contributed by atoms with Gasteiger partial charge in [-0.05, 0) is 0 Å². The van der Waals surface area contributed by atoms with Gasteiger partial charge >= 0.3 is 0 Å². The van der Waals surface area contributed by atoms with E-state index < -0.39 is 44.5 Å². The van der Waals surface area contributed by atoms with E-state index in [1.807, 2.05) is 0 Å². The van der Waals surface area contributed by atoms with Crippen LogP contribution in [0.5, 0.6) is 0 Å². The largest absolute Gasteiger partial charge is 0.811 e. The van der Waals surface area contributed by atoms with Crippen molar-refractivity contribution in [2.45, 2.75) is 30.7 Å². The van der Waals surface area contributed by atoms with Crippen molar-refractivity contribution in [1.82, 2.24) is 0 Å². The number of methoxy groups -OCH3 is 1. The average Bonchev–Trinajstić information content (AvgIpc) is 2.17. The molecule has 0 aromatic heterocycles. The zero-order valence-corrected chi connectivity index (χ0v) is 9.32. The zero-order chi connectivity index (χ0) is 12.5. The normalized spacial score (nSPS) is 41.0. The lowest BCUT2D eigenvalue weighted by Crippen LogP contribution is -2.59. The fraction of sp³-hybridized carbons (Fsp3) is 1.00. The SMILES string of the molecule is CO[C@H]1O[C@H](CP(=O)([O-])[O-])[C@@H](O)[C@H](O)[C@@H]1O. The molecule has 1 rings (SSSR count). The minimum atomic E-state index is -4.89. The quantitative estimate of drug-likeness (QED) is 0.439. The molecule has 1 saturated heterocycles. The van der Waals surface area contributed by atoms with Crippen LogP contribution in [0.15, 0.2) is 0 Å². The molecule has 1 aliphatic heterocycles. The van der Waals surface area contributed by atoms with Gasteiger partial charge < -0.3 is 39.1 Å². The Bertz CT molecular complexity index is 276. The summed E-state index contributed by atoms with van der Waals surface area (Å²) in [7, 11) is -3.72. The summed E-state index contributed by atoms with van der Waals surface area (Å²) in [6.45, 7) is 0. The summed E-state index contributed by atoms with van der Waals surface area (Å²) in [5.41, 5.74) is 0. The molecule has 0 bridgehead atoms. The standard InChI is InChI=1S/C7H15O8P/c1-14-7-6(10)5(9)4(8)3(15-7)2-16(11,12)13/h3-10H,2H2,1H3,(H2,11,12,13)/p-2/t3-,4-,5+,6+,7+/m1/s1. The lowest BCUT2D eigenvalue weighted by Gasteiger charge is -2.43. The van der Waals surface area contributed by atoms with Crippen LogP contribution in [0.25, 0.3) is 0 Å². The van der Waals surface area contributed by atoms with Crippen LogP contribution < -0.4 is 9.79 Å². The zero-order valence-electron chi connectivity index (χ0n) is 8.42. The van der Waals surface area contributed by atoms with Crippen LogP contribution in [0.2, 0.25) is 0 Å². The van der Waals surface area contributed by atoms with Crippen LogP contribution >= 0.6 is 7.60 Å². The molecule has 0 aromatic rings. The molecule has 0 spiro atoms. The van der Waals surface area contributed by atoms with Crippen molar-refractivity contribution in [1.29, 1.82) is 0 Å². The summed E-state index contributed by atoms with van der Waals surface area (Å²) < 4.78 is 20.0. The number of rotatable bonds is 3. The fourth-order valence-corrected chi connectivity index (χ4v) is 2.23. The molecular formula is C7H13O8P-2. The third-order valence-corrected chi connectivity index (χ3v) is 3.11. The van der Waals surface area contributed by atoms with E-state index in [0.29, 0.717) is 0 Å². The number of hydrogen-bond acceptors (Lipinski definition) is 8. The van der Waals surface area contributed by atoms with Gasteiger partial charge in [0.2, 0.25) is 0 Å². The summed E-state index contributed by atoms with van der Waals surface area (Å²) in [5.74, 6) is 0. The van der Waals surface area contributed by atoms with Gasteiger partial charge in [-0.3, -0.25) is 0 Å². The van der Waals surface area contributed by atoms with Crippen molar-refractivity contribution in [3.63, 3.8) is 0 Å². The first-order chi connectivity index (χ1) is 7.26. The molecule has 1 aliphatic rings. The van der Waals surface area contributed by atoms with Crippen LogP contribution in [0, 0.1) is 0 Å². The third-order valence-electron chi connectivity index (χ3n) is 2.30. The van der Waals surface area contributed by atoms with Crippen molar-refractivity contribution < 1.29 is 39.1 Å². The molecule has 16 heavy (non-hydrogen) atoms. The van der Waals surface area contributed by atoms with E-state index in [4.69, 9.17) is 4.74 Å². The van der Waals surface area contributed by atoms with E-state index in [0.717, 1.165) is 0 Å². The fourth-order valence-electron chi connectivity index (χ4n) is 1.48. The number of aliphatic hydroxyl groups is 3. The molecule has 9 heteroatoms. The molecule has 1 fully saturated rings. The van der Waals surface area contributed by atoms with Gasteiger partial charge in [0.1, 0.15) is 18.3 Å². The Hall–Kier alpha value is -0.0500. The Balaban J connectivity index is 2.75. The van der Waals surface area contributed by atoms with E-state index >= 15 is 0 Å². The van der Waals surface area contributed by atoms with Gasteiger partial charge in [-0.2, -0.15) is 0 Å². The molecule has 0 unspecified atom stereocenters. The predicted octanol–water partition coefficient (Wildman–Crippen LogP) is -3.65. The van der Waals surface area contributed by atoms with Gasteiger partial charge in [0.15, 0.2) is 6.29 Å². The Labute approximate surface area is 91.6 Å². The molecular weight excluding hydrogens is 243 g/mol. The van der Waals surface area contributed by atoms with Gasteiger partial charge in [0.25, 0.3) is 0 Å². The van der Waals surface area contributed by atoms with Crippen molar-refractivity contribution in [3.05, 3.63) is 0 Å². The third kappa shape index (κ3) is 3.22. The molecule has 5 atom stereocenters. The first-order valence-corrected chi connectivity index (χ1v) is 6.22. The van der Waals surface area contributed by atoms with Gasteiger partial charge in [-0.15, -0.1) is 0 Å². The van der Waals surface area contributed by atoms with Crippen LogP contribution in [-0.2, 0) is 14.0 Å². The second-order valence-electron chi connectivity index (χ2n) is 3.54. The molecule has 3 N–H and O–H groups in total. The first-order valence-electron chi connectivity index (χ1n) is 4.50. The number of aliphatic hydroxyl groups excluding tert-OH is 3. The summed E-state index contributed by atoms with van der Waals surface area (Å²) in [4.78, 5) is 21.0. The minimum Gasteiger partial charge on any atom is -0.811 e. The molecule has 1 heterocycles. The maximum atomic E-state index is 10.5. The van der Waals surface area contributed by atoms with Crippen molar-refractivity contribution in [2.24, 2.45) is 0 Å². The second-order valence-corrected chi connectivity index (χ2v) is 5.13. The van der Waals surface area contributed by atoms with Gasteiger partial charge in [0, 0.05) is 13.3 Å². The van der Waals surface area contributed by atoms with Crippen LogP contribution in [0.1, 0.15) is 0 Å². The lowest BCUT2D eigenvalue weighted by atomic mass is 10.00. The van der Waals surface area contributed by atoms with Gasteiger partial charge in [-0.1, -0.05) is 7.60 Å². The highest BCUT2D eigenvalue weighted by atomic mass is 31.2. The number of ether oxygens (including phenoxy) is 2. The van der Waals surface area contributed by atoms with E-state index in [2.05, 4.69) is 4.74 Å². The number of hydrogen-bond donors (Lipinski definition) is 3. The first kappa shape index (κ1) is 14.0. The summed E-state index contributed by atoms with van der Waals surface area (Å²) in [5, 5.41) is 28.1. The Morgan fingerprint density at radius 1 is 1.25 bits per heavy atom. The Morgan fingerprint density at radius 3 is 2.25 bits per heavy atom. The summed E-state index contributed by atoms with van der Waals surface area (Å²) >= 11 is 0. The molecule has 0 radical (unpaired) electrons. The molecule has 96 valence electrons. The molecule has 8 nitrogen and oxygen atoms in total. The van der Waals surface area contributed by atoms with Crippen molar-refractivity contribution in [2.75, 3.05) is 13.3 Å². The van der Waals surface area contributed by atoms with E-state index in [-0.39, 0.29) is 0 Å².